The number of hydrogen-bond donors (Lipinski definition) is 3. The topological polar surface area (TPSA) is 69.6 Å². The van der Waals surface area contributed by atoms with Gasteiger partial charge in [-0.2, -0.15) is 0 Å². The second-order valence-corrected chi connectivity index (χ2v) is 4.07. The van der Waals surface area contributed by atoms with Crippen LogP contribution in [0.4, 0.5) is 0 Å². The molecule has 0 aliphatic carbocycles. The molecule has 0 aromatic rings. The molecule has 0 aromatic heterocycles. The van der Waals surface area contributed by atoms with Gasteiger partial charge < -0.3 is 15.5 Å². The molecule has 0 radical (unpaired) electrons. The molecule has 0 saturated carbocycles. The largest absolute Gasteiger partial charge is 0.478 e. The molecular weight excluding hydrogens is 194 g/mol. The minimum Gasteiger partial charge on any atom is -0.478 e. The fraction of sp³-hybridized carbons (Fsp3) is 0.727. The van der Waals surface area contributed by atoms with Crippen molar-refractivity contribution in [2.75, 3.05) is 13.2 Å². The minimum absolute atomic E-state index is 0.123. The maximum atomic E-state index is 10.4. The van der Waals surface area contributed by atoms with Gasteiger partial charge in [-0.25, -0.2) is 4.79 Å². The summed E-state index contributed by atoms with van der Waals surface area (Å²) in [5, 5.41) is 20.7. The fourth-order valence-electron chi connectivity index (χ4n) is 1.25. The monoisotopic (exact) mass is 215 g/mol. The standard InChI is InChI=1S/C11H21NO3/c1-4-11(3,5-6-13)12-8-9(2)7-10(14)15/h7,12-13H,4-6,8H2,1-3H3,(H,14,15). The molecule has 15 heavy (non-hydrogen) atoms. The molecule has 88 valence electrons. The van der Waals surface area contributed by atoms with E-state index < -0.39 is 5.97 Å². The quantitative estimate of drug-likeness (QED) is 0.557. The molecular formula is C11H21NO3. The van der Waals surface area contributed by atoms with Crippen LogP contribution in [-0.2, 0) is 4.79 Å². The molecule has 3 N–H and O–H groups in total. The SMILES string of the molecule is CCC(C)(CCO)NCC(C)=CC(=O)O. The van der Waals surface area contributed by atoms with Crippen LogP contribution < -0.4 is 5.32 Å². The Balaban J connectivity index is 4.16. The van der Waals surface area contributed by atoms with Gasteiger partial charge in [-0.1, -0.05) is 12.5 Å². The van der Waals surface area contributed by atoms with E-state index >= 15 is 0 Å². The highest BCUT2D eigenvalue weighted by molar-refractivity contribution is 5.80. The molecule has 0 heterocycles. The summed E-state index contributed by atoms with van der Waals surface area (Å²) in [7, 11) is 0. The van der Waals surface area contributed by atoms with E-state index in [9.17, 15) is 4.79 Å². The predicted molar refractivity (Wildman–Crippen MR) is 59.8 cm³/mol. The summed E-state index contributed by atoms with van der Waals surface area (Å²) in [4.78, 5) is 10.4. The number of rotatable bonds is 7. The molecule has 4 heteroatoms. The highest BCUT2D eigenvalue weighted by atomic mass is 16.4. The number of carboxylic acid groups (broad SMARTS) is 1. The van der Waals surface area contributed by atoms with Gasteiger partial charge in [0.15, 0.2) is 0 Å². The van der Waals surface area contributed by atoms with E-state index in [1.54, 1.807) is 6.92 Å². The molecule has 1 atom stereocenters. The third kappa shape index (κ3) is 6.25. The molecule has 4 nitrogen and oxygen atoms in total. The van der Waals surface area contributed by atoms with E-state index in [-0.39, 0.29) is 12.1 Å². The van der Waals surface area contributed by atoms with Crippen molar-refractivity contribution in [2.24, 2.45) is 0 Å². The normalized spacial score (nSPS) is 16.1. The molecule has 0 rings (SSSR count). The summed E-state index contributed by atoms with van der Waals surface area (Å²) in [5.41, 5.74) is 0.655. The Morgan fingerprint density at radius 3 is 2.53 bits per heavy atom. The molecule has 0 aliphatic heterocycles. The van der Waals surface area contributed by atoms with Gasteiger partial charge in [-0.15, -0.1) is 0 Å². The van der Waals surface area contributed by atoms with Crippen molar-refractivity contribution in [1.82, 2.24) is 5.32 Å². The van der Waals surface area contributed by atoms with E-state index in [2.05, 4.69) is 5.32 Å². The van der Waals surface area contributed by atoms with Crippen LogP contribution in [0.25, 0.3) is 0 Å². The first-order valence-electron chi connectivity index (χ1n) is 5.19. The smallest absolute Gasteiger partial charge is 0.328 e. The Morgan fingerprint density at radius 1 is 1.53 bits per heavy atom. The van der Waals surface area contributed by atoms with Crippen molar-refractivity contribution in [1.29, 1.82) is 0 Å². The molecule has 1 unspecified atom stereocenters. The molecule has 0 amide bonds. The first-order valence-corrected chi connectivity index (χ1v) is 5.19. The number of carboxylic acids is 1. The molecule has 0 bridgehead atoms. The van der Waals surface area contributed by atoms with Gasteiger partial charge in [0.2, 0.25) is 0 Å². The molecule has 0 aliphatic rings. The van der Waals surface area contributed by atoms with Crippen molar-refractivity contribution >= 4 is 5.97 Å². The lowest BCUT2D eigenvalue weighted by atomic mass is 9.94. The van der Waals surface area contributed by atoms with E-state index in [1.807, 2.05) is 13.8 Å². The maximum Gasteiger partial charge on any atom is 0.328 e. The first kappa shape index (κ1) is 14.1. The van der Waals surface area contributed by atoms with Crippen molar-refractivity contribution < 1.29 is 15.0 Å². The van der Waals surface area contributed by atoms with Crippen LogP contribution in [0, 0.1) is 0 Å². The van der Waals surface area contributed by atoms with Gasteiger partial charge in [0.05, 0.1) is 0 Å². The number of carbonyl (C=O) groups is 1. The highest BCUT2D eigenvalue weighted by Crippen LogP contribution is 2.13. The minimum atomic E-state index is -0.922. The second kappa shape index (κ2) is 6.58. The van der Waals surface area contributed by atoms with E-state index in [4.69, 9.17) is 10.2 Å². The van der Waals surface area contributed by atoms with E-state index in [0.29, 0.717) is 13.0 Å². The second-order valence-electron chi connectivity index (χ2n) is 4.07. The van der Waals surface area contributed by atoms with Crippen LogP contribution >= 0.6 is 0 Å². The Bertz CT molecular complexity index is 238. The Morgan fingerprint density at radius 2 is 2.13 bits per heavy atom. The van der Waals surface area contributed by atoms with Crippen LogP contribution in [-0.4, -0.2) is 34.9 Å². The number of nitrogens with one attached hydrogen (secondary N) is 1. The average molecular weight is 215 g/mol. The van der Waals surface area contributed by atoms with Crippen molar-refractivity contribution in [2.45, 2.75) is 39.2 Å². The van der Waals surface area contributed by atoms with Gasteiger partial charge in [0, 0.05) is 24.8 Å². The zero-order chi connectivity index (χ0) is 11.9. The number of hydrogen-bond acceptors (Lipinski definition) is 3. The fourth-order valence-corrected chi connectivity index (χ4v) is 1.25. The lowest BCUT2D eigenvalue weighted by molar-refractivity contribution is -0.131. The van der Waals surface area contributed by atoms with Gasteiger partial charge in [0.25, 0.3) is 0 Å². The first-order chi connectivity index (χ1) is 6.93. The van der Waals surface area contributed by atoms with Crippen LogP contribution in [0.3, 0.4) is 0 Å². The van der Waals surface area contributed by atoms with Crippen molar-refractivity contribution in [3.8, 4) is 0 Å². The van der Waals surface area contributed by atoms with Crippen LogP contribution in [0.15, 0.2) is 11.6 Å². The summed E-state index contributed by atoms with van der Waals surface area (Å²) in [6.07, 6.45) is 2.76. The summed E-state index contributed by atoms with van der Waals surface area (Å²) in [6.45, 7) is 6.52. The predicted octanol–water partition coefficient (Wildman–Crippen LogP) is 1.16. The lowest BCUT2D eigenvalue weighted by Gasteiger charge is -2.29. The molecule has 0 aromatic carbocycles. The third-order valence-electron chi connectivity index (χ3n) is 2.61. The zero-order valence-electron chi connectivity index (χ0n) is 9.71. The van der Waals surface area contributed by atoms with Gasteiger partial charge in [-0.3, -0.25) is 0 Å². The molecule has 0 fully saturated rings. The average Bonchev–Trinajstić information content (AvgIpc) is 2.14. The van der Waals surface area contributed by atoms with Gasteiger partial charge in [-0.05, 0) is 26.7 Å². The third-order valence-corrected chi connectivity index (χ3v) is 2.61. The Hall–Kier alpha value is -0.870. The van der Waals surface area contributed by atoms with Gasteiger partial charge >= 0.3 is 5.97 Å². The van der Waals surface area contributed by atoms with Crippen LogP contribution in [0.5, 0.6) is 0 Å². The lowest BCUT2D eigenvalue weighted by Crippen LogP contribution is -2.43. The van der Waals surface area contributed by atoms with Crippen LogP contribution in [0.1, 0.15) is 33.6 Å². The summed E-state index contributed by atoms with van der Waals surface area (Å²) in [6, 6.07) is 0. The van der Waals surface area contributed by atoms with Crippen LogP contribution in [0.2, 0.25) is 0 Å². The van der Waals surface area contributed by atoms with E-state index in [1.165, 1.54) is 6.08 Å². The maximum absolute atomic E-state index is 10.4. The summed E-state index contributed by atoms with van der Waals surface area (Å²) in [5.74, 6) is -0.922. The zero-order valence-corrected chi connectivity index (χ0v) is 9.71. The van der Waals surface area contributed by atoms with E-state index in [0.717, 1.165) is 12.0 Å². The van der Waals surface area contributed by atoms with Gasteiger partial charge in [0.1, 0.15) is 0 Å². The highest BCUT2D eigenvalue weighted by Gasteiger charge is 2.19. The van der Waals surface area contributed by atoms with Crippen molar-refractivity contribution in [3.05, 3.63) is 11.6 Å². The molecule has 0 spiro atoms. The Labute approximate surface area is 91.0 Å². The summed E-state index contributed by atoms with van der Waals surface area (Å²) < 4.78 is 0. The Kier molecular flexibility index (Phi) is 6.20. The molecule has 0 saturated heterocycles. The summed E-state index contributed by atoms with van der Waals surface area (Å²) >= 11 is 0. The number of aliphatic hydroxyl groups is 1. The van der Waals surface area contributed by atoms with Crippen molar-refractivity contribution in [3.63, 3.8) is 0 Å². The number of aliphatic carboxylic acids is 1. The number of aliphatic hydroxyl groups excluding tert-OH is 1.